The summed E-state index contributed by atoms with van der Waals surface area (Å²) in [6.07, 6.45) is 3.52. The van der Waals surface area contributed by atoms with Crippen LogP contribution in [0.3, 0.4) is 0 Å². The van der Waals surface area contributed by atoms with Gasteiger partial charge in [0.25, 0.3) is 0 Å². The number of aryl methyl sites for hydroxylation is 1. The molecule has 0 saturated carbocycles. The number of para-hydroxylation sites is 1. The first-order valence-corrected chi connectivity index (χ1v) is 6.96. The molecule has 1 aromatic carbocycles. The van der Waals surface area contributed by atoms with E-state index in [1.807, 2.05) is 30.5 Å². The second-order valence-electron chi connectivity index (χ2n) is 4.94. The Balaban J connectivity index is 1.71. The largest absolute Gasteiger partial charge is 0.360 e. The van der Waals surface area contributed by atoms with Crippen LogP contribution in [0.15, 0.2) is 30.5 Å². The number of aromatic amines is 2. The number of aromatic nitrogens is 4. The molecule has 0 aliphatic rings. The molecule has 0 aliphatic heterocycles. The number of carbonyl (C=O) groups excluding carboxylic acids is 1. The molecule has 0 aliphatic carbocycles. The van der Waals surface area contributed by atoms with Gasteiger partial charge in [0, 0.05) is 42.6 Å². The highest BCUT2D eigenvalue weighted by atomic mass is 16.1. The number of benzene rings is 1. The number of hydrogen-bond acceptors (Lipinski definition) is 3. The van der Waals surface area contributed by atoms with Crippen LogP contribution >= 0.6 is 0 Å². The Morgan fingerprint density at radius 3 is 3.05 bits per heavy atom. The van der Waals surface area contributed by atoms with Crippen molar-refractivity contribution < 1.29 is 4.79 Å². The fraction of sp³-hybridized carbons (Fsp3) is 0.267. The number of carbonyl (C=O) groups is 1. The summed E-state index contributed by atoms with van der Waals surface area (Å²) in [6.45, 7) is 2.17. The summed E-state index contributed by atoms with van der Waals surface area (Å²) in [5.41, 5.74) is 2.07. The third-order valence-electron chi connectivity index (χ3n) is 3.33. The monoisotopic (exact) mass is 283 g/mol. The number of H-pyrrole nitrogens is 2. The van der Waals surface area contributed by atoms with Gasteiger partial charge in [-0.2, -0.15) is 5.10 Å². The van der Waals surface area contributed by atoms with E-state index in [1.54, 1.807) is 0 Å². The molecule has 6 nitrogen and oxygen atoms in total. The van der Waals surface area contributed by atoms with Gasteiger partial charge < -0.3 is 10.3 Å². The molecule has 0 unspecified atom stereocenters. The summed E-state index contributed by atoms with van der Waals surface area (Å²) in [5, 5.41) is 11.1. The Kier molecular flexibility index (Phi) is 3.68. The zero-order valence-electron chi connectivity index (χ0n) is 11.8. The van der Waals surface area contributed by atoms with Crippen molar-refractivity contribution in [1.82, 2.24) is 25.5 Å². The minimum atomic E-state index is -0.00736. The predicted molar refractivity (Wildman–Crippen MR) is 80.7 cm³/mol. The summed E-state index contributed by atoms with van der Waals surface area (Å²) < 4.78 is 0. The number of hydrogen-bond donors (Lipinski definition) is 3. The highest BCUT2D eigenvalue weighted by Crippen LogP contribution is 2.25. The zero-order chi connectivity index (χ0) is 14.7. The molecule has 1 amide bonds. The van der Waals surface area contributed by atoms with E-state index >= 15 is 0 Å². The van der Waals surface area contributed by atoms with Crippen molar-refractivity contribution in [2.75, 3.05) is 6.54 Å². The van der Waals surface area contributed by atoms with Crippen LogP contribution in [0.25, 0.3) is 22.3 Å². The average molecular weight is 283 g/mol. The van der Waals surface area contributed by atoms with E-state index < -0.39 is 0 Å². The van der Waals surface area contributed by atoms with Crippen LogP contribution in [-0.4, -0.2) is 32.6 Å². The third kappa shape index (κ3) is 2.94. The van der Waals surface area contributed by atoms with Gasteiger partial charge in [-0.3, -0.25) is 9.89 Å². The fourth-order valence-electron chi connectivity index (χ4n) is 2.30. The first-order chi connectivity index (χ1) is 10.2. The lowest BCUT2D eigenvalue weighted by Crippen LogP contribution is -2.21. The Morgan fingerprint density at radius 1 is 1.33 bits per heavy atom. The first-order valence-electron chi connectivity index (χ1n) is 6.96. The molecule has 3 aromatic rings. The molecule has 0 spiro atoms. The summed E-state index contributed by atoms with van der Waals surface area (Å²) in [7, 11) is 0. The van der Waals surface area contributed by atoms with Crippen molar-refractivity contribution in [3.8, 4) is 11.4 Å². The van der Waals surface area contributed by atoms with Crippen molar-refractivity contribution >= 4 is 16.8 Å². The van der Waals surface area contributed by atoms with Crippen LogP contribution < -0.4 is 5.32 Å². The molecular formula is C15H17N5O. The maximum absolute atomic E-state index is 10.8. The van der Waals surface area contributed by atoms with Crippen molar-refractivity contribution in [2.24, 2.45) is 0 Å². The smallest absolute Gasteiger partial charge is 0.216 e. The van der Waals surface area contributed by atoms with Gasteiger partial charge in [-0.1, -0.05) is 18.2 Å². The normalized spacial score (nSPS) is 10.9. The second kappa shape index (κ2) is 5.78. The number of nitrogens with one attached hydrogen (secondary N) is 3. The van der Waals surface area contributed by atoms with Crippen LogP contribution in [0.1, 0.15) is 19.2 Å². The van der Waals surface area contributed by atoms with Crippen molar-refractivity contribution in [3.05, 3.63) is 36.3 Å². The lowest BCUT2D eigenvalue weighted by atomic mass is 10.2. The quantitative estimate of drug-likeness (QED) is 0.626. The van der Waals surface area contributed by atoms with Crippen LogP contribution in [0.2, 0.25) is 0 Å². The number of amides is 1. The summed E-state index contributed by atoms with van der Waals surface area (Å²) >= 11 is 0. The SMILES string of the molecule is CC(=O)NCCCc1nc(-c2c[nH]c3ccccc23)n[nH]1. The van der Waals surface area contributed by atoms with Gasteiger partial charge >= 0.3 is 0 Å². The molecule has 2 heterocycles. The summed E-state index contributed by atoms with van der Waals surface area (Å²) in [6, 6.07) is 8.07. The van der Waals surface area contributed by atoms with Gasteiger partial charge in [-0.25, -0.2) is 4.98 Å². The lowest BCUT2D eigenvalue weighted by molar-refractivity contribution is -0.118. The molecule has 21 heavy (non-hydrogen) atoms. The van der Waals surface area contributed by atoms with E-state index in [4.69, 9.17) is 0 Å². The molecule has 0 radical (unpaired) electrons. The molecule has 0 saturated heterocycles. The zero-order valence-corrected chi connectivity index (χ0v) is 11.8. The lowest BCUT2D eigenvalue weighted by Gasteiger charge is -1.99. The molecule has 3 rings (SSSR count). The molecule has 0 fully saturated rings. The van der Waals surface area contributed by atoms with Gasteiger partial charge in [-0.15, -0.1) is 0 Å². The highest BCUT2D eigenvalue weighted by Gasteiger charge is 2.10. The third-order valence-corrected chi connectivity index (χ3v) is 3.33. The van der Waals surface area contributed by atoms with Gasteiger partial charge in [0.15, 0.2) is 5.82 Å². The van der Waals surface area contributed by atoms with E-state index in [0.717, 1.165) is 35.1 Å². The Bertz CT molecular complexity index is 758. The van der Waals surface area contributed by atoms with Crippen LogP contribution in [0.5, 0.6) is 0 Å². The molecular weight excluding hydrogens is 266 g/mol. The van der Waals surface area contributed by atoms with Crippen molar-refractivity contribution in [3.63, 3.8) is 0 Å². The standard InChI is InChI=1S/C15H17N5O/c1-10(21)16-8-4-7-14-18-15(20-19-14)12-9-17-13-6-3-2-5-11(12)13/h2-3,5-6,9,17H,4,7-8H2,1H3,(H,16,21)(H,18,19,20). The topological polar surface area (TPSA) is 86.5 Å². The molecule has 3 N–H and O–H groups in total. The number of fused-ring (bicyclic) bond motifs is 1. The molecule has 108 valence electrons. The predicted octanol–water partition coefficient (Wildman–Crippen LogP) is 2.02. The van der Waals surface area contributed by atoms with E-state index in [9.17, 15) is 4.79 Å². The number of nitrogens with zero attached hydrogens (tertiary/aromatic N) is 2. The van der Waals surface area contributed by atoms with Crippen LogP contribution in [0, 0.1) is 0 Å². The summed E-state index contributed by atoms with van der Waals surface area (Å²) in [4.78, 5) is 18.5. The maximum atomic E-state index is 10.8. The van der Waals surface area contributed by atoms with E-state index in [2.05, 4.69) is 25.5 Å². The van der Waals surface area contributed by atoms with Crippen LogP contribution in [0.4, 0.5) is 0 Å². The maximum Gasteiger partial charge on any atom is 0.216 e. The fourth-order valence-corrected chi connectivity index (χ4v) is 2.30. The van der Waals surface area contributed by atoms with Gasteiger partial charge in [0.1, 0.15) is 5.82 Å². The van der Waals surface area contributed by atoms with E-state index in [1.165, 1.54) is 6.92 Å². The molecule has 6 heteroatoms. The van der Waals surface area contributed by atoms with Gasteiger partial charge in [-0.05, 0) is 12.5 Å². The van der Waals surface area contributed by atoms with Crippen molar-refractivity contribution in [1.29, 1.82) is 0 Å². The van der Waals surface area contributed by atoms with E-state index in [0.29, 0.717) is 12.4 Å². The van der Waals surface area contributed by atoms with Crippen LogP contribution in [-0.2, 0) is 11.2 Å². The Hall–Kier alpha value is -2.63. The average Bonchev–Trinajstić information content (AvgIpc) is 3.09. The number of rotatable bonds is 5. The van der Waals surface area contributed by atoms with Crippen molar-refractivity contribution in [2.45, 2.75) is 19.8 Å². The minimum absolute atomic E-state index is 0.00736. The minimum Gasteiger partial charge on any atom is -0.360 e. The van der Waals surface area contributed by atoms with E-state index in [-0.39, 0.29) is 5.91 Å². The second-order valence-corrected chi connectivity index (χ2v) is 4.94. The van der Waals surface area contributed by atoms with Gasteiger partial charge in [0.2, 0.25) is 5.91 Å². The van der Waals surface area contributed by atoms with Gasteiger partial charge in [0.05, 0.1) is 0 Å². The highest BCUT2D eigenvalue weighted by molar-refractivity contribution is 5.93. The Labute approximate surface area is 122 Å². The Morgan fingerprint density at radius 2 is 2.19 bits per heavy atom. The molecule has 2 aromatic heterocycles. The summed E-state index contributed by atoms with van der Waals surface area (Å²) in [5.74, 6) is 1.52. The molecule has 0 atom stereocenters. The first kappa shape index (κ1) is 13.4. The molecule has 0 bridgehead atoms.